The molecule has 1 aliphatic heterocycles. The van der Waals surface area contributed by atoms with Gasteiger partial charge in [-0.05, 0) is 52.9 Å². The fourth-order valence-corrected chi connectivity index (χ4v) is 2.40. The van der Waals surface area contributed by atoms with Crippen LogP contribution in [0.1, 0.15) is 59.3 Å². The first-order chi connectivity index (χ1) is 8.03. The highest BCUT2D eigenvalue weighted by Crippen LogP contribution is 2.21. The molecule has 1 aliphatic rings. The zero-order valence-electron chi connectivity index (χ0n) is 11.6. The summed E-state index contributed by atoms with van der Waals surface area (Å²) < 4.78 is 0. The van der Waals surface area contributed by atoms with Crippen LogP contribution in [0.3, 0.4) is 0 Å². The number of hydrogen-bond acceptors (Lipinski definition) is 1. The molecule has 2 nitrogen and oxygen atoms in total. The number of hydrogen-bond donors (Lipinski definition) is 0. The predicted octanol–water partition coefficient (Wildman–Crippen LogP) is 4.08. The van der Waals surface area contributed by atoms with Gasteiger partial charge in [0.05, 0.1) is 11.9 Å². The lowest BCUT2D eigenvalue weighted by Crippen LogP contribution is -2.39. The zero-order chi connectivity index (χ0) is 12.7. The van der Waals surface area contributed by atoms with Gasteiger partial charge in [0.2, 0.25) is 0 Å². The first-order valence-corrected chi connectivity index (χ1v) is 7.43. The summed E-state index contributed by atoms with van der Waals surface area (Å²) in [5, 5.41) is 0. The van der Waals surface area contributed by atoms with Crippen molar-refractivity contribution in [1.29, 1.82) is 0 Å². The van der Waals surface area contributed by atoms with Crippen molar-refractivity contribution in [1.82, 2.24) is 4.90 Å². The Morgan fingerprint density at radius 1 is 1.29 bits per heavy atom. The highest BCUT2D eigenvalue weighted by molar-refractivity contribution is 6.17. The van der Waals surface area contributed by atoms with Gasteiger partial charge in [0.1, 0.15) is 0 Å². The SMILES string of the molecule is CC(C)(C)N=CN1CCCCC1CCCCCl. The number of likely N-dealkylation sites (tertiary alicyclic amines) is 1. The summed E-state index contributed by atoms with van der Waals surface area (Å²) in [4.78, 5) is 7.08. The van der Waals surface area contributed by atoms with Crippen molar-refractivity contribution in [3.8, 4) is 0 Å². The topological polar surface area (TPSA) is 15.6 Å². The Kier molecular flexibility index (Phi) is 6.32. The summed E-state index contributed by atoms with van der Waals surface area (Å²) in [6, 6.07) is 0.693. The van der Waals surface area contributed by atoms with E-state index in [1.54, 1.807) is 0 Å². The van der Waals surface area contributed by atoms with Crippen molar-refractivity contribution in [3.63, 3.8) is 0 Å². The molecule has 0 aromatic heterocycles. The third kappa shape index (κ3) is 6.30. The Bertz CT molecular complexity index is 233. The van der Waals surface area contributed by atoms with Gasteiger partial charge < -0.3 is 4.90 Å². The number of unbranched alkanes of at least 4 members (excludes halogenated alkanes) is 1. The summed E-state index contributed by atoms with van der Waals surface area (Å²) in [6.07, 6.45) is 9.73. The van der Waals surface area contributed by atoms with Crippen LogP contribution in [0, 0.1) is 0 Å². The lowest BCUT2D eigenvalue weighted by Gasteiger charge is -2.35. The lowest BCUT2D eigenvalue weighted by atomic mass is 9.98. The van der Waals surface area contributed by atoms with Gasteiger partial charge in [-0.3, -0.25) is 4.99 Å². The number of alkyl halides is 1. The Balaban J connectivity index is 2.45. The summed E-state index contributed by atoms with van der Waals surface area (Å²) in [6.45, 7) is 7.62. The molecule has 100 valence electrons. The molecule has 1 rings (SSSR count). The van der Waals surface area contributed by atoms with Gasteiger partial charge in [-0.15, -0.1) is 11.6 Å². The molecule has 1 saturated heterocycles. The number of halogens is 1. The molecule has 1 fully saturated rings. The van der Waals surface area contributed by atoms with Crippen molar-refractivity contribution in [2.45, 2.75) is 70.9 Å². The molecule has 0 aliphatic carbocycles. The molecule has 0 aromatic carbocycles. The first kappa shape index (κ1) is 14.8. The van der Waals surface area contributed by atoms with E-state index in [1.165, 1.54) is 38.6 Å². The second-order valence-electron chi connectivity index (χ2n) is 5.99. The summed E-state index contributed by atoms with van der Waals surface area (Å²) in [5.74, 6) is 0.794. The van der Waals surface area contributed by atoms with Crippen LogP contribution < -0.4 is 0 Å². The van der Waals surface area contributed by atoms with Gasteiger partial charge in [-0.1, -0.05) is 6.42 Å². The minimum atomic E-state index is 0.0398. The molecule has 0 saturated carbocycles. The molecule has 0 amide bonds. The minimum Gasteiger partial charge on any atom is -0.360 e. The first-order valence-electron chi connectivity index (χ1n) is 6.90. The molecular weight excluding hydrogens is 232 g/mol. The van der Waals surface area contributed by atoms with Crippen LogP contribution in [0.4, 0.5) is 0 Å². The Morgan fingerprint density at radius 2 is 2.06 bits per heavy atom. The van der Waals surface area contributed by atoms with E-state index in [2.05, 4.69) is 37.0 Å². The molecule has 1 heterocycles. The van der Waals surface area contributed by atoms with E-state index < -0.39 is 0 Å². The van der Waals surface area contributed by atoms with Gasteiger partial charge >= 0.3 is 0 Å². The maximum absolute atomic E-state index is 5.74. The van der Waals surface area contributed by atoms with Crippen molar-refractivity contribution in [3.05, 3.63) is 0 Å². The maximum atomic E-state index is 5.74. The minimum absolute atomic E-state index is 0.0398. The van der Waals surface area contributed by atoms with Gasteiger partial charge in [0.15, 0.2) is 0 Å². The summed E-state index contributed by atoms with van der Waals surface area (Å²) in [5.41, 5.74) is 0.0398. The molecule has 0 aromatic rings. The molecule has 0 bridgehead atoms. The summed E-state index contributed by atoms with van der Waals surface area (Å²) in [7, 11) is 0. The van der Waals surface area contributed by atoms with Crippen LogP contribution >= 0.6 is 11.6 Å². The van der Waals surface area contributed by atoms with Gasteiger partial charge in [-0.2, -0.15) is 0 Å². The Labute approximate surface area is 111 Å². The van der Waals surface area contributed by atoms with Crippen LogP contribution in [0.25, 0.3) is 0 Å². The second-order valence-corrected chi connectivity index (χ2v) is 6.37. The molecule has 1 unspecified atom stereocenters. The van der Waals surface area contributed by atoms with Crippen LogP contribution in [0.15, 0.2) is 4.99 Å². The molecule has 1 atom stereocenters. The fourth-order valence-electron chi connectivity index (χ4n) is 2.21. The Hall–Kier alpha value is -0.240. The molecule has 0 spiro atoms. The van der Waals surface area contributed by atoms with Gasteiger partial charge in [0, 0.05) is 18.5 Å². The summed E-state index contributed by atoms with van der Waals surface area (Å²) >= 11 is 5.74. The number of nitrogens with zero attached hydrogens (tertiary/aromatic N) is 2. The average Bonchev–Trinajstić information content (AvgIpc) is 2.27. The highest BCUT2D eigenvalue weighted by Gasteiger charge is 2.20. The number of rotatable bonds is 5. The number of aliphatic imine (C=N–C) groups is 1. The smallest absolute Gasteiger partial charge is 0.0858 e. The third-order valence-corrected chi connectivity index (χ3v) is 3.45. The van der Waals surface area contributed by atoms with Gasteiger partial charge in [0.25, 0.3) is 0 Å². The van der Waals surface area contributed by atoms with Crippen molar-refractivity contribution < 1.29 is 0 Å². The molecular formula is C14H27ClN2. The van der Waals surface area contributed by atoms with Crippen molar-refractivity contribution >= 4 is 17.9 Å². The monoisotopic (exact) mass is 258 g/mol. The van der Waals surface area contributed by atoms with Gasteiger partial charge in [-0.25, -0.2) is 0 Å². The zero-order valence-corrected chi connectivity index (χ0v) is 12.3. The van der Waals surface area contributed by atoms with E-state index in [9.17, 15) is 0 Å². The molecule has 17 heavy (non-hydrogen) atoms. The molecule has 0 N–H and O–H groups in total. The van der Waals surface area contributed by atoms with E-state index in [0.717, 1.165) is 12.3 Å². The third-order valence-electron chi connectivity index (χ3n) is 3.19. The predicted molar refractivity (Wildman–Crippen MR) is 77.2 cm³/mol. The maximum Gasteiger partial charge on any atom is 0.0858 e. The van der Waals surface area contributed by atoms with Crippen molar-refractivity contribution in [2.24, 2.45) is 4.99 Å². The van der Waals surface area contributed by atoms with E-state index in [-0.39, 0.29) is 5.54 Å². The fraction of sp³-hybridized carbons (Fsp3) is 0.929. The van der Waals surface area contributed by atoms with Crippen LogP contribution in [-0.4, -0.2) is 35.2 Å². The van der Waals surface area contributed by atoms with Crippen LogP contribution in [-0.2, 0) is 0 Å². The van der Waals surface area contributed by atoms with E-state index in [0.29, 0.717) is 6.04 Å². The van der Waals surface area contributed by atoms with Crippen LogP contribution in [0.2, 0.25) is 0 Å². The number of piperidine rings is 1. The second kappa shape index (κ2) is 7.25. The Morgan fingerprint density at radius 3 is 2.71 bits per heavy atom. The normalized spacial score (nSPS) is 22.4. The molecule has 0 radical (unpaired) electrons. The van der Waals surface area contributed by atoms with E-state index in [4.69, 9.17) is 11.6 Å². The average molecular weight is 259 g/mol. The lowest BCUT2D eigenvalue weighted by molar-refractivity contribution is 0.231. The molecule has 3 heteroatoms. The largest absolute Gasteiger partial charge is 0.360 e. The van der Waals surface area contributed by atoms with E-state index in [1.807, 2.05) is 0 Å². The van der Waals surface area contributed by atoms with E-state index >= 15 is 0 Å². The standard InChI is InChI=1S/C14H27ClN2/c1-14(2,3)16-12-17-11-7-5-9-13(17)8-4-6-10-15/h12-13H,4-11H2,1-3H3. The quantitative estimate of drug-likeness (QED) is 0.314. The van der Waals surface area contributed by atoms with Crippen LogP contribution in [0.5, 0.6) is 0 Å². The highest BCUT2D eigenvalue weighted by atomic mass is 35.5. The van der Waals surface area contributed by atoms with Crippen molar-refractivity contribution in [2.75, 3.05) is 12.4 Å².